The SMILES string of the molecule is CCCC1CC(NC2CCCc3sccc32)CCO1. The number of ether oxygens (including phenoxy) is 1. The molecule has 1 aromatic heterocycles. The van der Waals surface area contributed by atoms with Crippen LogP contribution in [0.3, 0.4) is 0 Å². The maximum Gasteiger partial charge on any atom is 0.0589 e. The molecule has 2 nitrogen and oxygen atoms in total. The first kappa shape index (κ1) is 13.6. The van der Waals surface area contributed by atoms with Gasteiger partial charge in [-0.15, -0.1) is 11.3 Å². The minimum atomic E-state index is 0.488. The summed E-state index contributed by atoms with van der Waals surface area (Å²) in [5.74, 6) is 0. The van der Waals surface area contributed by atoms with E-state index in [-0.39, 0.29) is 0 Å². The fourth-order valence-corrected chi connectivity index (χ4v) is 4.49. The molecule has 1 aromatic rings. The van der Waals surface area contributed by atoms with E-state index < -0.39 is 0 Å². The Bertz CT molecular complexity index is 401. The predicted octanol–water partition coefficient (Wildman–Crippen LogP) is 4.06. The highest BCUT2D eigenvalue weighted by molar-refractivity contribution is 7.10. The summed E-state index contributed by atoms with van der Waals surface area (Å²) in [6.07, 6.45) is 9.24. The monoisotopic (exact) mass is 279 g/mol. The van der Waals surface area contributed by atoms with E-state index in [0.717, 1.165) is 6.61 Å². The summed E-state index contributed by atoms with van der Waals surface area (Å²) in [5, 5.41) is 6.17. The highest BCUT2D eigenvalue weighted by atomic mass is 32.1. The second kappa shape index (κ2) is 6.38. The Hall–Kier alpha value is -0.380. The van der Waals surface area contributed by atoms with Gasteiger partial charge in [0, 0.05) is 23.6 Å². The Labute approximate surface area is 120 Å². The molecule has 0 aromatic carbocycles. The topological polar surface area (TPSA) is 21.3 Å². The lowest BCUT2D eigenvalue weighted by molar-refractivity contribution is -0.00539. The van der Waals surface area contributed by atoms with Crippen molar-refractivity contribution in [3.63, 3.8) is 0 Å². The van der Waals surface area contributed by atoms with Crippen molar-refractivity contribution in [2.75, 3.05) is 6.61 Å². The van der Waals surface area contributed by atoms with Crippen molar-refractivity contribution in [3.8, 4) is 0 Å². The van der Waals surface area contributed by atoms with Gasteiger partial charge in [0.15, 0.2) is 0 Å². The van der Waals surface area contributed by atoms with Gasteiger partial charge in [-0.25, -0.2) is 0 Å². The number of nitrogens with one attached hydrogen (secondary N) is 1. The molecule has 1 aliphatic carbocycles. The lowest BCUT2D eigenvalue weighted by Crippen LogP contribution is -2.41. The molecular formula is C16H25NOS. The van der Waals surface area contributed by atoms with Gasteiger partial charge in [-0.1, -0.05) is 13.3 Å². The molecular weight excluding hydrogens is 254 g/mol. The highest BCUT2D eigenvalue weighted by Gasteiger charge is 2.27. The summed E-state index contributed by atoms with van der Waals surface area (Å²) >= 11 is 1.94. The Morgan fingerprint density at radius 3 is 3.26 bits per heavy atom. The fourth-order valence-electron chi connectivity index (χ4n) is 3.50. The normalized spacial score (nSPS) is 31.1. The van der Waals surface area contributed by atoms with E-state index in [1.54, 1.807) is 10.4 Å². The molecule has 0 radical (unpaired) electrons. The standard InChI is InChI=1S/C16H25NOS/c1-2-4-13-11-12(7-9-18-13)17-15-5-3-6-16-14(15)8-10-19-16/h8,10,12-13,15,17H,2-7,9,11H2,1H3. The molecule has 1 aliphatic heterocycles. The molecule has 3 atom stereocenters. The molecule has 19 heavy (non-hydrogen) atoms. The fraction of sp³-hybridized carbons (Fsp3) is 0.750. The molecule has 1 saturated heterocycles. The maximum absolute atomic E-state index is 5.85. The Kier molecular flexibility index (Phi) is 4.57. The molecule has 2 aliphatic rings. The van der Waals surface area contributed by atoms with E-state index in [1.807, 2.05) is 11.3 Å². The van der Waals surface area contributed by atoms with Crippen molar-refractivity contribution in [2.45, 2.75) is 70.1 Å². The minimum Gasteiger partial charge on any atom is -0.378 e. The smallest absolute Gasteiger partial charge is 0.0589 e. The van der Waals surface area contributed by atoms with Crippen LogP contribution in [0.1, 0.15) is 61.9 Å². The van der Waals surface area contributed by atoms with E-state index in [9.17, 15) is 0 Å². The van der Waals surface area contributed by atoms with E-state index in [4.69, 9.17) is 4.74 Å². The van der Waals surface area contributed by atoms with Gasteiger partial charge < -0.3 is 10.1 Å². The summed E-state index contributed by atoms with van der Waals surface area (Å²) in [5.41, 5.74) is 1.58. The number of hydrogen-bond donors (Lipinski definition) is 1. The molecule has 0 spiro atoms. The van der Waals surface area contributed by atoms with Gasteiger partial charge in [0.25, 0.3) is 0 Å². The maximum atomic E-state index is 5.85. The average Bonchev–Trinajstić information content (AvgIpc) is 2.89. The van der Waals surface area contributed by atoms with Crippen LogP contribution in [0.4, 0.5) is 0 Å². The largest absolute Gasteiger partial charge is 0.378 e. The minimum absolute atomic E-state index is 0.488. The van der Waals surface area contributed by atoms with Crippen LogP contribution in [0.25, 0.3) is 0 Å². The van der Waals surface area contributed by atoms with Gasteiger partial charge >= 0.3 is 0 Å². The van der Waals surface area contributed by atoms with Crippen molar-refractivity contribution < 1.29 is 4.74 Å². The third-order valence-corrected chi connectivity index (χ3v) is 5.46. The first-order chi connectivity index (χ1) is 9.36. The van der Waals surface area contributed by atoms with Crippen LogP contribution >= 0.6 is 11.3 Å². The number of aryl methyl sites for hydroxylation is 1. The molecule has 3 unspecified atom stereocenters. The molecule has 106 valence electrons. The molecule has 0 saturated carbocycles. The summed E-state index contributed by atoms with van der Waals surface area (Å²) in [6, 6.07) is 3.58. The van der Waals surface area contributed by atoms with Gasteiger partial charge in [0.2, 0.25) is 0 Å². The van der Waals surface area contributed by atoms with Crippen LogP contribution in [0, 0.1) is 0 Å². The Balaban J connectivity index is 1.60. The zero-order valence-corrected chi connectivity index (χ0v) is 12.7. The zero-order chi connectivity index (χ0) is 13.1. The lowest BCUT2D eigenvalue weighted by Gasteiger charge is -2.34. The van der Waals surface area contributed by atoms with Gasteiger partial charge in [-0.2, -0.15) is 0 Å². The number of fused-ring (bicyclic) bond motifs is 1. The first-order valence-corrected chi connectivity index (χ1v) is 8.68. The Morgan fingerprint density at radius 2 is 2.37 bits per heavy atom. The zero-order valence-electron chi connectivity index (χ0n) is 11.9. The first-order valence-electron chi connectivity index (χ1n) is 7.80. The van der Waals surface area contributed by atoms with Crippen LogP contribution in [0.15, 0.2) is 11.4 Å². The summed E-state index contributed by atoms with van der Waals surface area (Å²) < 4.78 is 5.85. The molecule has 3 rings (SSSR count). The number of thiophene rings is 1. The van der Waals surface area contributed by atoms with Gasteiger partial charge in [-0.3, -0.25) is 0 Å². The van der Waals surface area contributed by atoms with E-state index >= 15 is 0 Å². The second-order valence-corrected chi connectivity index (χ2v) is 6.91. The van der Waals surface area contributed by atoms with Crippen molar-refractivity contribution in [2.24, 2.45) is 0 Å². The highest BCUT2D eigenvalue weighted by Crippen LogP contribution is 2.34. The third-order valence-electron chi connectivity index (χ3n) is 4.47. The van der Waals surface area contributed by atoms with Crippen LogP contribution in [0.5, 0.6) is 0 Å². The molecule has 1 N–H and O–H groups in total. The predicted molar refractivity (Wildman–Crippen MR) is 80.8 cm³/mol. The summed E-state index contributed by atoms with van der Waals surface area (Å²) in [6.45, 7) is 3.19. The molecule has 2 heterocycles. The van der Waals surface area contributed by atoms with Crippen molar-refractivity contribution in [1.29, 1.82) is 0 Å². The summed E-state index contributed by atoms with van der Waals surface area (Å²) in [7, 11) is 0. The molecule has 0 amide bonds. The molecule has 1 fully saturated rings. The van der Waals surface area contributed by atoms with Gasteiger partial charge in [0.05, 0.1) is 6.10 Å². The number of rotatable bonds is 4. The van der Waals surface area contributed by atoms with Gasteiger partial charge in [0.1, 0.15) is 0 Å². The van der Waals surface area contributed by atoms with Crippen LogP contribution in [0.2, 0.25) is 0 Å². The van der Waals surface area contributed by atoms with Gasteiger partial charge in [-0.05, 0) is 55.5 Å². The second-order valence-electron chi connectivity index (χ2n) is 5.91. The van der Waals surface area contributed by atoms with Crippen LogP contribution < -0.4 is 5.32 Å². The van der Waals surface area contributed by atoms with Crippen molar-refractivity contribution >= 4 is 11.3 Å². The van der Waals surface area contributed by atoms with Crippen LogP contribution in [-0.4, -0.2) is 18.8 Å². The van der Waals surface area contributed by atoms with Crippen molar-refractivity contribution in [1.82, 2.24) is 5.32 Å². The average molecular weight is 279 g/mol. The number of hydrogen-bond acceptors (Lipinski definition) is 3. The van der Waals surface area contributed by atoms with E-state index in [0.29, 0.717) is 18.2 Å². The molecule has 0 bridgehead atoms. The lowest BCUT2D eigenvalue weighted by atomic mass is 9.91. The van der Waals surface area contributed by atoms with E-state index in [2.05, 4.69) is 23.7 Å². The van der Waals surface area contributed by atoms with E-state index in [1.165, 1.54) is 44.9 Å². The third kappa shape index (κ3) is 3.21. The van der Waals surface area contributed by atoms with Crippen molar-refractivity contribution in [3.05, 3.63) is 21.9 Å². The Morgan fingerprint density at radius 1 is 1.42 bits per heavy atom. The summed E-state index contributed by atoms with van der Waals surface area (Å²) in [4.78, 5) is 1.61. The molecule has 3 heteroatoms. The quantitative estimate of drug-likeness (QED) is 0.897. The van der Waals surface area contributed by atoms with Crippen LogP contribution in [-0.2, 0) is 11.2 Å².